The maximum absolute atomic E-state index is 11.3. The van der Waals surface area contributed by atoms with Gasteiger partial charge in [0.1, 0.15) is 11.6 Å². The number of nitrogens with zero attached hydrogens (tertiary/aromatic N) is 2. The molecule has 1 aromatic heterocycles. The molecule has 5 heteroatoms. The van der Waals surface area contributed by atoms with Gasteiger partial charge in [-0.1, -0.05) is 19.9 Å². The largest absolute Gasteiger partial charge is 0.494 e. The van der Waals surface area contributed by atoms with E-state index in [1.54, 1.807) is 0 Å². The van der Waals surface area contributed by atoms with E-state index in [4.69, 9.17) is 4.74 Å². The average Bonchev–Trinajstić information content (AvgIpc) is 2.71. The second kappa shape index (κ2) is 9.96. The van der Waals surface area contributed by atoms with Gasteiger partial charge in [0.15, 0.2) is 0 Å². The minimum atomic E-state index is -0.881. The second-order valence-electron chi connectivity index (χ2n) is 8.76. The monoisotopic (exact) mass is 410 g/mol. The van der Waals surface area contributed by atoms with Crippen molar-refractivity contribution in [3.63, 3.8) is 0 Å². The topological polar surface area (TPSA) is 62.7 Å². The number of benzene rings is 1. The summed E-state index contributed by atoms with van der Waals surface area (Å²) in [6, 6.07) is 8.00. The van der Waals surface area contributed by atoms with Crippen molar-refractivity contribution in [3.8, 4) is 5.75 Å². The van der Waals surface area contributed by atoms with Crippen LogP contribution in [-0.4, -0.2) is 35.8 Å². The molecule has 1 aliphatic rings. The molecule has 5 nitrogen and oxygen atoms in total. The molecule has 0 amide bonds. The summed E-state index contributed by atoms with van der Waals surface area (Å²) < 4.78 is 5.90. The van der Waals surface area contributed by atoms with Crippen LogP contribution in [0.25, 0.3) is 0 Å². The Bertz CT molecular complexity index is 830. The predicted octanol–water partition coefficient (Wildman–Crippen LogP) is 5.60. The van der Waals surface area contributed by atoms with Gasteiger partial charge in [0.05, 0.1) is 12.2 Å². The molecule has 0 atom stereocenters. The minimum absolute atomic E-state index is 0.377. The number of ether oxygens (including phenoxy) is 1. The number of aromatic nitrogens is 1. The number of hydrogen-bond donors (Lipinski definition) is 1. The molecule has 2 heterocycles. The zero-order chi connectivity index (χ0) is 21.7. The van der Waals surface area contributed by atoms with E-state index < -0.39 is 5.97 Å². The molecule has 0 radical (unpaired) electrons. The number of piperidine rings is 1. The van der Waals surface area contributed by atoms with Crippen LogP contribution in [0.4, 0.5) is 5.82 Å². The van der Waals surface area contributed by atoms with Crippen molar-refractivity contribution in [3.05, 3.63) is 52.7 Å². The fourth-order valence-corrected chi connectivity index (χ4v) is 4.28. The lowest BCUT2D eigenvalue weighted by Gasteiger charge is -2.33. The molecule has 1 fully saturated rings. The first-order valence-corrected chi connectivity index (χ1v) is 11.0. The summed E-state index contributed by atoms with van der Waals surface area (Å²) in [6.45, 7) is 10.8. The number of rotatable bonds is 8. The molecule has 1 aromatic carbocycles. The average molecular weight is 411 g/mol. The van der Waals surface area contributed by atoms with Crippen LogP contribution in [0.2, 0.25) is 0 Å². The summed E-state index contributed by atoms with van der Waals surface area (Å²) >= 11 is 0. The number of aromatic carboxylic acids is 1. The van der Waals surface area contributed by atoms with Gasteiger partial charge in [0, 0.05) is 19.3 Å². The van der Waals surface area contributed by atoms with Crippen LogP contribution < -0.4 is 9.64 Å². The quantitative estimate of drug-likeness (QED) is 0.574. The van der Waals surface area contributed by atoms with Crippen molar-refractivity contribution < 1.29 is 14.6 Å². The van der Waals surface area contributed by atoms with Gasteiger partial charge in [-0.2, -0.15) is 0 Å². The Hall–Kier alpha value is -2.56. The SMILES string of the molecule is Cc1cc(OCCCC2CCN(c3ccc(C(C)C)cn3)CC2)cc(C)c1C(=O)O. The van der Waals surface area contributed by atoms with Crippen molar-refractivity contribution >= 4 is 11.8 Å². The number of anilines is 1. The highest BCUT2D eigenvalue weighted by molar-refractivity contribution is 5.91. The van der Waals surface area contributed by atoms with Gasteiger partial charge < -0.3 is 14.7 Å². The smallest absolute Gasteiger partial charge is 0.336 e. The molecule has 3 rings (SSSR count). The molecule has 30 heavy (non-hydrogen) atoms. The number of aryl methyl sites for hydroxylation is 2. The van der Waals surface area contributed by atoms with Crippen molar-refractivity contribution in [2.75, 3.05) is 24.6 Å². The molecule has 1 N–H and O–H groups in total. The zero-order valence-corrected chi connectivity index (χ0v) is 18.6. The molecule has 0 bridgehead atoms. The summed E-state index contributed by atoms with van der Waals surface area (Å²) in [5.41, 5.74) is 3.17. The first-order chi connectivity index (χ1) is 14.3. The van der Waals surface area contributed by atoms with Crippen molar-refractivity contribution in [2.24, 2.45) is 5.92 Å². The first-order valence-electron chi connectivity index (χ1n) is 11.0. The van der Waals surface area contributed by atoms with Crippen LogP contribution in [0.15, 0.2) is 30.5 Å². The fraction of sp³-hybridized carbons (Fsp3) is 0.520. The van der Waals surface area contributed by atoms with Crippen molar-refractivity contribution in [2.45, 2.75) is 59.3 Å². The van der Waals surface area contributed by atoms with Crippen LogP contribution in [0.3, 0.4) is 0 Å². The van der Waals surface area contributed by atoms with Crippen LogP contribution in [0.5, 0.6) is 5.75 Å². The van der Waals surface area contributed by atoms with E-state index >= 15 is 0 Å². The lowest BCUT2D eigenvalue weighted by Crippen LogP contribution is -2.34. The van der Waals surface area contributed by atoms with Crippen LogP contribution in [0, 0.1) is 19.8 Å². The van der Waals surface area contributed by atoms with Gasteiger partial charge in [-0.3, -0.25) is 0 Å². The van der Waals surface area contributed by atoms with Crippen LogP contribution >= 0.6 is 0 Å². The van der Waals surface area contributed by atoms with Gasteiger partial charge >= 0.3 is 5.97 Å². The number of carboxylic acids is 1. The molecule has 0 aliphatic carbocycles. The third-order valence-corrected chi connectivity index (χ3v) is 6.12. The number of carbonyl (C=O) groups is 1. The number of pyridine rings is 1. The Morgan fingerprint density at radius 3 is 2.40 bits per heavy atom. The van der Waals surface area contributed by atoms with Crippen molar-refractivity contribution in [1.29, 1.82) is 0 Å². The van der Waals surface area contributed by atoms with Gasteiger partial charge in [0.2, 0.25) is 0 Å². The van der Waals surface area contributed by atoms with E-state index in [1.165, 1.54) is 24.8 Å². The number of carboxylic acid groups (broad SMARTS) is 1. The maximum atomic E-state index is 11.3. The van der Waals surface area contributed by atoms with Gasteiger partial charge in [-0.25, -0.2) is 9.78 Å². The Labute approximate surface area is 180 Å². The maximum Gasteiger partial charge on any atom is 0.336 e. The molecule has 162 valence electrons. The molecular formula is C25H34N2O3. The van der Waals surface area contributed by atoms with Gasteiger partial charge in [0.25, 0.3) is 0 Å². The van der Waals surface area contributed by atoms with E-state index in [1.807, 2.05) is 32.2 Å². The predicted molar refractivity (Wildman–Crippen MR) is 121 cm³/mol. The first kappa shape index (κ1) is 22.1. The fourth-order valence-electron chi connectivity index (χ4n) is 4.28. The zero-order valence-electron chi connectivity index (χ0n) is 18.6. The summed E-state index contributed by atoms with van der Waals surface area (Å²) in [6.07, 6.45) is 6.58. The molecule has 0 unspecified atom stereocenters. The number of hydrogen-bond acceptors (Lipinski definition) is 4. The summed E-state index contributed by atoms with van der Waals surface area (Å²) in [4.78, 5) is 18.4. The van der Waals surface area contributed by atoms with Gasteiger partial charge in [-0.05, 0) is 86.3 Å². The van der Waals surface area contributed by atoms with Crippen molar-refractivity contribution in [1.82, 2.24) is 4.98 Å². The molecule has 0 saturated carbocycles. The minimum Gasteiger partial charge on any atom is -0.494 e. The Morgan fingerprint density at radius 2 is 1.87 bits per heavy atom. The molecule has 1 saturated heterocycles. The highest BCUT2D eigenvalue weighted by Crippen LogP contribution is 2.27. The Kier molecular flexibility index (Phi) is 7.35. The van der Waals surface area contributed by atoms with E-state index in [-0.39, 0.29) is 0 Å². The third-order valence-electron chi connectivity index (χ3n) is 6.12. The highest BCUT2D eigenvalue weighted by Gasteiger charge is 2.20. The van der Waals surface area contributed by atoms with E-state index in [0.29, 0.717) is 18.1 Å². The van der Waals surface area contributed by atoms with E-state index in [9.17, 15) is 9.90 Å². The van der Waals surface area contributed by atoms with E-state index in [2.05, 4.69) is 35.9 Å². The molecule has 0 spiro atoms. The third kappa shape index (κ3) is 5.53. The standard InChI is InChI=1S/C25H34N2O3/c1-17(2)21-7-8-23(26-16-21)27-11-9-20(10-12-27)6-5-13-30-22-14-18(3)24(25(28)29)19(4)15-22/h7-8,14-17,20H,5-6,9-13H2,1-4H3,(H,28,29). The Balaban J connectivity index is 1.40. The lowest BCUT2D eigenvalue weighted by molar-refractivity contribution is 0.0695. The van der Waals surface area contributed by atoms with Crippen LogP contribution in [-0.2, 0) is 0 Å². The summed E-state index contributed by atoms with van der Waals surface area (Å²) in [5, 5.41) is 9.27. The molecule has 1 aliphatic heterocycles. The lowest BCUT2D eigenvalue weighted by atomic mass is 9.92. The molecular weight excluding hydrogens is 376 g/mol. The highest BCUT2D eigenvalue weighted by atomic mass is 16.5. The summed E-state index contributed by atoms with van der Waals surface area (Å²) in [5.74, 6) is 2.23. The van der Waals surface area contributed by atoms with Gasteiger partial charge in [-0.15, -0.1) is 0 Å². The molecule has 2 aromatic rings. The Morgan fingerprint density at radius 1 is 1.20 bits per heavy atom. The van der Waals surface area contributed by atoms with E-state index in [0.717, 1.165) is 48.1 Å². The second-order valence-corrected chi connectivity index (χ2v) is 8.76. The normalized spacial score (nSPS) is 14.9. The van der Waals surface area contributed by atoms with Crippen LogP contribution in [0.1, 0.15) is 72.5 Å². The summed E-state index contributed by atoms with van der Waals surface area (Å²) in [7, 11) is 0.